The molecule has 0 fully saturated rings. The number of thiophene rings is 1. The van der Waals surface area contributed by atoms with Crippen LogP contribution in [0.4, 0.5) is 5.13 Å². The molecule has 5 rings (SSSR count). The van der Waals surface area contributed by atoms with Crippen LogP contribution in [-0.2, 0) is 16.1 Å². The van der Waals surface area contributed by atoms with Crippen LogP contribution in [0.15, 0.2) is 83.4 Å². The van der Waals surface area contributed by atoms with Crippen LogP contribution in [0.2, 0.25) is 0 Å². The van der Waals surface area contributed by atoms with Gasteiger partial charge in [-0.25, -0.2) is 9.78 Å². The van der Waals surface area contributed by atoms with Crippen LogP contribution < -0.4 is 9.64 Å². The molecule has 2 aromatic carbocycles. The van der Waals surface area contributed by atoms with Gasteiger partial charge in [0.05, 0.1) is 28.8 Å². The molecule has 3 heterocycles. The van der Waals surface area contributed by atoms with Crippen molar-refractivity contribution in [3.8, 4) is 5.75 Å². The summed E-state index contributed by atoms with van der Waals surface area (Å²) in [5.41, 5.74) is 1.85. The number of esters is 1. The number of aliphatic hydroxyl groups excluding tert-OH is 1. The van der Waals surface area contributed by atoms with Crippen LogP contribution in [-0.4, -0.2) is 34.4 Å². The van der Waals surface area contributed by atoms with Gasteiger partial charge in [-0.05, 0) is 48.6 Å². The first-order valence-electron chi connectivity index (χ1n) is 12.1. The topological polar surface area (TPSA) is 106 Å². The molecular weight excluding hydrogens is 536 g/mol. The van der Waals surface area contributed by atoms with Gasteiger partial charge in [-0.15, -0.1) is 11.3 Å². The lowest BCUT2D eigenvalue weighted by atomic mass is 9.95. The van der Waals surface area contributed by atoms with Gasteiger partial charge in [0, 0.05) is 0 Å². The number of rotatable bonds is 9. The monoisotopic (exact) mass is 560 g/mol. The Labute approximate surface area is 232 Å². The fourth-order valence-electron chi connectivity index (χ4n) is 4.28. The van der Waals surface area contributed by atoms with Crippen LogP contribution in [0.5, 0.6) is 5.75 Å². The smallest absolute Gasteiger partial charge is 0.350 e. The third-order valence-corrected chi connectivity index (χ3v) is 8.08. The summed E-state index contributed by atoms with van der Waals surface area (Å²) < 4.78 is 11.1. The first kappa shape index (κ1) is 26.3. The molecular formula is C29H24N2O6S2. The molecule has 1 aliphatic rings. The first-order chi connectivity index (χ1) is 18.9. The number of amides is 1. The van der Waals surface area contributed by atoms with Gasteiger partial charge in [-0.1, -0.05) is 59.9 Å². The van der Waals surface area contributed by atoms with Gasteiger partial charge in [0.25, 0.3) is 5.91 Å². The average Bonchev–Trinajstić information content (AvgIpc) is 3.67. The van der Waals surface area contributed by atoms with Crippen molar-refractivity contribution in [3.63, 3.8) is 0 Å². The first-order valence-corrected chi connectivity index (χ1v) is 13.8. The maximum atomic E-state index is 13.6. The van der Waals surface area contributed by atoms with Crippen molar-refractivity contribution in [2.24, 2.45) is 0 Å². The third-order valence-electron chi connectivity index (χ3n) is 6.07. The standard InChI is InChI=1S/C29H24N2O6S2/c1-3-36-28(35)26-17(2)30-29(39-26)31-23(22(25(33)27(31)34)24(32)21-13-8-14-38-21)19-11-7-12-20(15-19)37-16-18-9-5-4-6-10-18/h4-15,23,33H,3,16H2,1-2H3. The van der Waals surface area contributed by atoms with Crippen molar-refractivity contribution in [2.75, 3.05) is 11.5 Å². The molecule has 1 unspecified atom stereocenters. The zero-order valence-corrected chi connectivity index (χ0v) is 22.8. The van der Waals surface area contributed by atoms with Crippen molar-refractivity contribution in [1.82, 2.24) is 4.98 Å². The average molecular weight is 561 g/mol. The summed E-state index contributed by atoms with van der Waals surface area (Å²) in [5.74, 6) is -1.91. The summed E-state index contributed by atoms with van der Waals surface area (Å²) in [7, 11) is 0. The number of Topliss-reactive ketones (excluding diaryl/α,β-unsaturated/α-hetero) is 1. The molecule has 39 heavy (non-hydrogen) atoms. The maximum absolute atomic E-state index is 13.6. The Hall–Kier alpha value is -4.28. The largest absolute Gasteiger partial charge is 0.503 e. The molecule has 0 radical (unpaired) electrons. The second kappa shape index (κ2) is 11.2. The summed E-state index contributed by atoms with van der Waals surface area (Å²) in [6.45, 7) is 3.86. The molecule has 1 atom stereocenters. The number of carbonyl (C=O) groups is 3. The summed E-state index contributed by atoms with van der Waals surface area (Å²) in [6, 6.07) is 19.1. The summed E-state index contributed by atoms with van der Waals surface area (Å²) in [6.07, 6.45) is 0. The predicted octanol–water partition coefficient (Wildman–Crippen LogP) is 6.05. The summed E-state index contributed by atoms with van der Waals surface area (Å²) in [5, 5.41) is 12.9. The second-order valence-corrected chi connectivity index (χ2v) is 10.5. The predicted molar refractivity (Wildman–Crippen MR) is 149 cm³/mol. The molecule has 0 saturated carbocycles. The lowest BCUT2D eigenvalue weighted by molar-refractivity contribution is -0.117. The van der Waals surface area contributed by atoms with Crippen LogP contribution >= 0.6 is 22.7 Å². The van der Waals surface area contributed by atoms with Gasteiger partial charge in [-0.2, -0.15) is 0 Å². The second-order valence-electron chi connectivity index (χ2n) is 8.62. The highest BCUT2D eigenvalue weighted by Crippen LogP contribution is 2.44. The van der Waals surface area contributed by atoms with Crippen molar-refractivity contribution in [1.29, 1.82) is 0 Å². The number of anilines is 1. The minimum Gasteiger partial charge on any atom is -0.503 e. The normalized spacial score (nSPS) is 15.1. The molecule has 198 valence electrons. The Morgan fingerprint density at radius 1 is 1.08 bits per heavy atom. The fraction of sp³-hybridized carbons (Fsp3) is 0.172. The van der Waals surface area contributed by atoms with Gasteiger partial charge < -0.3 is 14.6 Å². The lowest BCUT2D eigenvalue weighted by Gasteiger charge is -2.24. The Balaban J connectivity index is 1.56. The van der Waals surface area contributed by atoms with Gasteiger partial charge in [-0.3, -0.25) is 14.5 Å². The molecule has 8 nitrogen and oxygen atoms in total. The number of carbonyl (C=O) groups excluding carboxylic acids is 3. The molecule has 2 aromatic heterocycles. The van der Waals surface area contributed by atoms with E-state index in [2.05, 4.69) is 4.98 Å². The summed E-state index contributed by atoms with van der Waals surface area (Å²) >= 11 is 2.19. The van der Waals surface area contributed by atoms with E-state index in [4.69, 9.17) is 9.47 Å². The highest BCUT2D eigenvalue weighted by Gasteiger charge is 2.46. The fourth-order valence-corrected chi connectivity index (χ4v) is 5.94. The van der Waals surface area contributed by atoms with Crippen LogP contribution in [0, 0.1) is 6.92 Å². The molecule has 1 N–H and O–H groups in total. The van der Waals surface area contributed by atoms with Crippen molar-refractivity contribution >= 4 is 45.5 Å². The number of ether oxygens (including phenoxy) is 2. The SMILES string of the molecule is CCOC(=O)c1sc(N2C(=O)C(O)=C(C(=O)c3cccs3)C2c2cccc(OCc3ccccc3)c2)nc1C. The molecule has 0 aliphatic carbocycles. The highest BCUT2D eigenvalue weighted by molar-refractivity contribution is 7.17. The van der Waals surface area contributed by atoms with Crippen molar-refractivity contribution in [3.05, 3.63) is 110 Å². The van der Waals surface area contributed by atoms with E-state index in [-0.39, 0.29) is 22.2 Å². The van der Waals surface area contributed by atoms with E-state index in [1.165, 1.54) is 16.2 Å². The molecule has 0 bridgehead atoms. The van der Waals surface area contributed by atoms with E-state index in [0.717, 1.165) is 16.9 Å². The Morgan fingerprint density at radius 3 is 2.59 bits per heavy atom. The quantitative estimate of drug-likeness (QED) is 0.196. The van der Waals surface area contributed by atoms with E-state index in [0.29, 0.717) is 28.5 Å². The minimum absolute atomic E-state index is 0.0619. The Kier molecular flexibility index (Phi) is 7.58. The highest BCUT2D eigenvalue weighted by atomic mass is 32.1. The number of aryl methyl sites for hydroxylation is 1. The Morgan fingerprint density at radius 2 is 1.87 bits per heavy atom. The molecule has 1 amide bonds. The number of hydrogen-bond acceptors (Lipinski definition) is 9. The molecule has 0 spiro atoms. The number of aliphatic hydroxyl groups is 1. The van der Waals surface area contributed by atoms with Crippen LogP contribution in [0.25, 0.3) is 0 Å². The molecule has 1 aliphatic heterocycles. The van der Waals surface area contributed by atoms with E-state index in [9.17, 15) is 19.5 Å². The number of nitrogens with zero attached hydrogens (tertiary/aromatic N) is 2. The Bertz CT molecular complexity index is 1560. The van der Waals surface area contributed by atoms with Crippen molar-refractivity contribution < 1.29 is 29.0 Å². The van der Waals surface area contributed by atoms with Crippen LogP contribution in [0.3, 0.4) is 0 Å². The molecule has 0 saturated heterocycles. The zero-order chi connectivity index (χ0) is 27.5. The number of benzene rings is 2. The zero-order valence-electron chi connectivity index (χ0n) is 21.1. The number of thiazole rings is 1. The van der Waals surface area contributed by atoms with Gasteiger partial charge in [0.1, 0.15) is 17.2 Å². The minimum atomic E-state index is -0.993. The van der Waals surface area contributed by atoms with E-state index in [1.807, 2.05) is 30.3 Å². The summed E-state index contributed by atoms with van der Waals surface area (Å²) in [4.78, 5) is 45.9. The van der Waals surface area contributed by atoms with Gasteiger partial charge in [0.2, 0.25) is 5.78 Å². The number of ketones is 1. The number of aromatic nitrogens is 1. The molecule has 10 heteroatoms. The third kappa shape index (κ3) is 5.21. The van der Waals surface area contributed by atoms with Crippen molar-refractivity contribution in [2.45, 2.75) is 26.5 Å². The van der Waals surface area contributed by atoms with E-state index in [1.54, 1.807) is 55.6 Å². The van der Waals surface area contributed by atoms with E-state index >= 15 is 0 Å². The van der Waals surface area contributed by atoms with Crippen LogP contribution in [0.1, 0.15) is 49.1 Å². The molecule has 4 aromatic rings. The van der Waals surface area contributed by atoms with Gasteiger partial charge in [0.15, 0.2) is 10.9 Å². The lowest BCUT2D eigenvalue weighted by Crippen LogP contribution is -2.31. The van der Waals surface area contributed by atoms with Gasteiger partial charge >= 0.3 is 5.97 Å². The van der Waals surface area contributed by atoms with E-state index < -0.39 is 29.5 Å². The number of hydrogen-bond donors (Lipinski definition) is 1. The maximum Gasteiger partial charge on any atom is 0.350 e.